The quantitative estimate of drug-likeness (QED) is 0.856. The van der Waals surface area contributed by atoms with Gasteiger partial charge in [-0.15, -0.1) is 0 Å². The van der Waals surface area contributed by atoms with Crippen LogP contribution in [0.15, 0.2) is 0 Å². The summed E-state index contributed by atoms with van der Waals surface area (Å²) in [4.78, 5) is 26.6. The molecule has 1 atom stereocenters. The molecular weight excluding hydrogens is 260 g/mol. The molecule has 1 spiro atoms. The molecule has 0 aromatic carbocycles. The Morgan fingerprint density at radius 3 is 2.68 bits per heavy atom. The molecule has 108 valence electrons. The molecule has 4 nitrogen and oxygen atoms in total. The third-order valence-electron chi connectivity index (χ3n) is 4.36. The van der Waals surface area contributed by atoms with Crippen molar-refractivity contribution in [2.75, 3.05) is 18.6 Å². The molecule has 0 bridgehead atoms. The van der Waals surface area contributed by atoms with Gasteiger partial charge in [-0.2, -0.15) is 11.8 Å². The first-order chi connectivity index (χ1) is 9.09. The predicted octanol–water partition coefficient (Wildman–Crippen LogP) is 1.79. The molecule has 1 unspecified atom stereocenters. The maximum atomic E-state index is 12.8. The number of carbonyl (C=O) groups is 2. The van der Waals surface area contributed by atoms with Crippen LogP contribution >= 0.6 is 11.8 Å². The summed E-state index contributed by atoms with van der Waals surface area (Å²) >= 11 is 1.80. The molecule has 0 aromatic heterocycles. The number of nitrogens with one attached hydrogen (secondary N) is 1. The summed E-state index contributed by atoms with van der Waals surface area (Å²) in [6.45, 7) is 2.68. The fourth-order valence-corrected chi connectivity index (χ4v) is 3.74. The van der Waals surface area contributed by atoms with E-state index in [1.54, 1.807) is 11.8 Å². The Bertz CT molecular complexity index is 353. The Morgan fingerprint density at radius 1 is 1.37 bits per heavy atom. The Kier molecular flexibility index (Phi) is 4.76. The van der Waals surface area contributed by atoms with Crippen molar-refractivity contribution < 1.29 is 9.59 Å². The minimum atomic E-state index is -0.582. The highest BCUT2D eigenvalue weighted by Gasteiger charge is 2.47. The zero-order chi connectivity index (χ0) is 13.9. The normalized spacial score (nSPS) is 24.4. The van der Waals surface area contributed by atoms with E-state index in [0.29, 0.717) is 13.0 Å². The van der Waals surface area contributed by atoms with Crippen molar-refractivity contribution in [3.63, 3.8) is 0 Å². The first-order valence-corrected chi connectivity index (χ1v) is 8.59. The van der Waals surface area contributed by atoms with E-state index < -0.39 is 5.54 Å². The van der Waals surface area contributed by atoms with Gasteiger partial charge in [0.25, 0.3) is 0 Å². The largest absolute Gasteiger partial charge is 0.342 e. The lowest BCUT2D eigenvalue weighted by Crippen LogP contribution is -2.56. The van der Waals surface area contributed by atoms with Gasteiger partial charge in [0.05, 0.1) is 0 Å². The van der Waals surface area contributed by atoms with Crippen LogP contribution < -0.4 is 5.32 Å². The molecule has 1 N–H and O–H groups in total. The number of amides is 2. The number of nitrogens with zero attached hydrogens (tertiary/aromatic N) is 1. The fourth-order valence-electron chi connectivity index (χ4n) is 3.16. The van der Waals surface area contributed by atoms with Gasteiger partial charge in [-0.3, -0.25) is 9.59 Å². The number of carbonyl (C=O) groups excluding carboxylic acids is 2. The first kappa shape index (κ1) is 14.7. The summed E-state index contributed by atoms with van der Waals surface area (Å²) in [7, 11) is 0. The summed E-state index contributed by atoms with van der Waals surface area (Å²) in [5.74, 6) is 1.25. The van der Waals surface area contributed by atoms with E-state index in [0.717, 1.165) is 37.9 Å². The van der Waals surface area contributed by atoms with Gasteiger partial charge in [0.2, 0.25) is 11.8 Å². The third-order valence-corrected chi connectivity index (χ3v) is 5.00. The van der Waals surface area contributed by atoms with Crippen molar-refractivity contribution in [3.8, 4) is 0 Å². The van der Waals surface area contributed by atoms with E-state index in [9.17, 15) is 9.59 Å². The number of hydrogen-bond donors (Lipinski definition) is 1. The van der Waals surface area contributed by atoms with Crippen molar-refractivity contribution in [3.05, 3.63) is 0 Å². The van der Waals surface area contributed by atoms with E-state index in [-0.39, 0.29) is 17.9 Å². The third kappa shape index (κ3) is 3.07. The van der Waals surface area contributed by atoms with Crippen LogP contribution in [0.4, 0.5) is 0 Å². The second-order valence-corrected chi connectivity index (χ2v) is 6.70. The van der Waals surface area contributed by atoms with Gasteiger partial charge in [-0.25, -0.2) is 0 Å². The standard InChI is InChI=1S/C14H24N2O2S/c1-11(6-10-19-2)16-9-5-12(17)15-14(13(16)18)7-3-4-8-14/h11H,3-10H2,1-2H3,(H,15,17). The smallest absolute Gasteiger partial charge is 0.248 e. The molecule has 1 saturated carbocycles. The molecular formula is C14H24N2O2S. The van der Waals surface area contributed by atoms with Gasteiger partial charge in [0.1, 0.15) is 5.54 Å². The minimum Gasteiger partial charge on any atom is -0.342 e. The van der Waals surface area contributed by atoms with Crippen molar-refractivity contribution in [1.82, 2.24) is 10.2 Å². The molecule has 0 aromatic rings. The minimum absolute atomic E-state index is 0.0369. The van der Waals surface area contributed by atoms with Crippen LogP contribution in [0.5, 0.6) is 0 Å². The maximum absolute atomic E-state index is 12.8. The number of hydrogen-bond acceptors (Lipinski definition) is 3. The zero-order valence-electron chi connectivity index (χ0n) is 11.9. The second kappa shape index (κ2) is 6.16. The molecule has 1 aliphatic heterocycles. The Labute approximate surface area is 119 Å². The fraction of sp³-hybridized carbons (Fsp3) is 0.857. The summed E-state index contributed by atoms with van der Waals surface area (Å²) in [5.41, 5.74) is -0.582. The van der Waals surface area contributed by atoms with Crippen LogP contribution in [0.25, 0.3) is 0 Å². The second-order valence-electron chi connectivity index (χ2n) is 5.72. The Hall–Kier alpha value is -0.710. The van der Waals surface area contributed by atoms with Crippen molar-refractivity contribution in [1.29, 1.82) is 0 Å². The van der Waals surface area contributed by atoms with E-state index in [1.165, 1.54) is 0 Å². The lowest BCUT2D eigenvalue weighted by Gasteiger charge is -2.35. The van der Waals surface area contributed by atoms with Crippen LogP contribution in [-0.2, 0) is 9.59 Å². The van der Waals surface area contributed by atoms with Gasteiger partial charge < -0.3 is 10.2 Å². The van der Waals surface area contributed by atoms with Crippen LogP contribution in [0.3, 0.4) is 0 Å². The van der Waals surface area contributed by atoms with Gasteiger partial charge in [-0.1, -0.05) is 12.8 Å². The first-order valence-electron chi connectivity index (χ1n) is 7.20. The predicted molar refractivity (Wildman–Crippen MR) is 78.1 cm³/mol. The molecule has 1 aliphatic carbocycles. The average molecular weight is 284 g/mol. The van der Waals surface area contributed by atoms with E-state index in [4.69, 9.17) is 0 Å². The molecule has 2 rings (SSSR count). The summed E-state index contributed by atoms with van der Waals surface area (Å²) in [5, 5.41) is 3.01. The monoisotopic (exact) mass is 284 g/mol. The van der Waals surface area contributed by atoms with Crippen LogP contribution in [-0.4, -0.2) is 46.8 Å². The molecule has 1 saturated heterocycles. The SMILES string of the molecule is CSCCC(C)N1CCC(=O)NC2(CCCC2)C1=O. The summed E-state index contributed by atoms with van der Waals surface area (Å²) < 4.78 is 0. The molecule has 0 radical (unpaired) electrons. The molecule has 19 heavy (non-hydrogen) atoms. The number of thioether (sulfide) groups is 1. The lowest BCUT2D eigenvalue weighted by molar-refractivity contribution is -0.140. The van der Waals surface area contributed by atoms with E-state index in [2.05, 4.69) is 18.5 Å². The van der Waals surface area contributed by atoms with Gasteiger partial charge in [0.15, 0.2) is 0 Å². The van der Waals surface area contributed by atoms with E-state index >= 15 is 0 Å². The van der Waals surface area contributed by atoms with Crippen molar-refractivity contribution in [2.45, 2.75) is 57.0 Å². The highest BCUT2D eigenvalue weighted by Crippen LogP contribution is 2.33. The van der Waals surface area contributed by atoms with Gasteiger partial charge in [0, 0.05) is 19.0 Å². The molecule has 5 heteroatoms. The lowest BCUT2D eigenvalue weighted by atomic mass is 9.95. The Balaban J connectivity index is 2.14. The zero-order valence-corrected chi connectivity index (χ0v) is 12.7. The van der Waals surface area contributed by atoms with E-state index in [1.807, 2.05) is 4.90 Å². The molecule has 2 amide bonds. The van der Waals surface area contributed by atoms with Gasteiger partial charge >= 0.3 is 0 Å². The summed E-state index contributed by atoms with van der Waals surface area (Å²) in [6.07, 6.45) is 7.22. The molecule has 2 fully saturated rings. The van der Waals surface area contributed by atoms with Crippen molar-refractivity contribution in [2.24, 2.45) is 0 Å². The number of rotatable bonds is 4. The van der Waals surface area contributed by atoms with Crippen LogP contribution in [0, 0.1) is 0 Å². The topological polar surface area (TPSA) is 49.4 Å². The highest BCUT2D eigenvalue weighted by atomic mass is 32.2. The highest BCUT2D eigenvalue weighted by molar-refractivity contribution is 7.98. The Morgan fingerprint density at radius 2 is 2.05 bits per heavy atom. The van der Waals surface area contributed by atoms with Gasteiger partial charge in [-0.05, 0) is 38.2 Å². The molecule has 2 aliphatic rings. The average Bonchev–Trinajstić information content (AvgIpc) is 2.81. The van der Waals surface area contributed by atoms with Crippen LogP contribution in [0.1, 0.15) is 45.4 Å². The van der Waals surface area contributed by atoms with Crippen LogP contribution in [0.2, 0.25) is 0 Å². The summed E-state index contributed by atoms with van der Waals surface area (Å²) in [6, 6.07) is 0.227. The maximum Gasteiger partial charge on any atom is 0.248 e. The van der Waals surface area contributed by atoms with Crippen molar-refractivity contribution >= 4 is 23.6 Å². The molecule has 1 heterocycles.